The first-order chi connectivity index (χ1) is 10.7. The van der Waals surface area contributed by atoms with E-state index >= 15 is 0 Å². The molecule has 0 spiro atoms. The molecule has 0 aromatic heterocycles. The van der Waals surface area contributed by atoms with Crippen LogP contribution in [0.15, 0.2) is 48.5 Å². The second kappa shape index (κ2) is 7.68. The van der Waals surface area contributed by atoms with Crippen molar-refractivity contribution in [2.24, 2.45) is 0 Å². The van der Waals surface area contributed by atoms with Gasteiger partial charge in [-0.2, -0.15) is 0 Å². The average Bonchev–Trinajstić information content (AvgIpc) is 2.55. The molecule has 0 fully saturated rings. The van der Waals surface area contributed by atoms with Gasteiger partial charge >= 0.3 is 0 Å². The Morgan fingerprint density at radius 3 is 2.50 bits per heavy atom. The van der Waals surface area contributed by atoms with Gasteiger partial charge in [0.2, 0.25) is 5.91 Å². The number of carbonyl (C=O) groups is 1. The summed E-state index contributed by atoms with van der Waals surface area (Å²) in [6.07, 6.45) is 0. The van der Waals surface area contributed by atoms with Gasteiger partial charge in [-0.05, 0) is 43.7 Å². The molecular weight excluding hydrogens is 294 g/mol. The van der Waals surface area contributed by atoms with Crippen LogP contribution in [0, 0.1) is 18.8 Å². The van der Waals surface area contributed by atoms with Crippen molar-refractivity contribution in [3.8, 4) is 11.8 Å². The first kappa shape index (κ1) is 16.1. The number of alkyl halides is 1. The predicted molar refractivity (Wildman–Crippen MR) is 92.3 cm³/mol. The fourth-order valence-electron chi connectivity index (χ4n) is 2.20. The second-order valence-electron chi connectivity index (χ2n) is 4.91. The number of anilines is 1. The molecule has 0 heterocycles. The molecule has 0 N–H and O–H groups in total. The molecule has 0 saturated heterocycles. The van der Waals surface area contributed by atoms with Crippen LogP contribution < -0.4 is 4.90 Å². The predicted octanol–water partition coefficient (Wildman–Crippen LogP) is 3.99. The number of carbonyl (C=O) groups excluding carboxylic acids is 1. The molecule has 1 amide bonds. The Kier molecular flexibility index (Phi) is 5.63. The van der Waals surface area contributed by atoms with E-state index in [0.717, 1.165) is 22.4 Å². The highest BCUT2D eigenvalue weighted by molar-refractivity contribution is 6.29. The normalized spacial score (nSPS) is 9.77. The highest BCUT2D eigenvalue weighted by Crippen LogP contribution is 2.22. The molecular formula is C19H18ClNO. The minimum absolute atomic E-state index is 0.0345. The maximum atomic E-state index is 12.0. The summed E-state index contributed by atoms with van der Waals surface area (Å²) in [5.41, 5.74) is 3.70. The molecule has 2 nitrogen and oxygen atoms in total. The third kappa shape index (κ3) is 3.90. The Morgan fingerprint density at radius 1 is 1.14 bits per heavy atom. The van der Waals surface area contributed by atoms with Gasteiger partial charge in [0.25, 0.3) is 0 Å². The van der Waals surface area contributed by atoms with Gasteiger partial charge in [-0.3, -0.25) is 4.79 Å². The number of hydrogen-bond donors (Lipinski definition) is 0. The molecule has 3 heteroatoms. The molecule has 22 heavy (non-hydrogen) atoms. The number of benzene rings is 2. The maximum Gasteiger partial charge on any atom is 0.241 e. The standard InChI is InChI=1S/C19H18ClNO/c1-3-21(19(22)14-20)18-12-9-15(2)13-17(18)11-10-16-7-5-4-6-8-16/h4-9,12-13H,3,14H2,1-2H3. The van der Waals surface area contributed by atoms with Crippen LogP contribution in [0.25, 0.3) is 0 Å². The van der Waals surface area contributed by atoms with E-state index in [9.17, 15) is 4.79 Å². The van der Waals surface area contributed by atoms with E-state index in [0.29, 0.717) is 6.54 Å². The van der Waals surface area contributed by atoms with Gasteiger partial charge in [-0.1, -0.05) is 36.1 Å². The molecule has 0 aliphatic carbocycles. The van der Waals surface area contributed by atoms with Crippen LogP contribution in [-0.4, -0.2) is 18.3 Å². The zero-order chi connectivity index (χ0) is 15.9. The fourth-order valence-corrected chi connectivity index (χ4v) is 2.34. The Labute approximate surface area is 136 Å². The van der Waals surface area contributed by atoms with Crippen LogP contribution in [-0.2, 0) is 4.79 Å². The molecule has 112 valence electrons. The molecule has 2 aromatic rings. The number of halogens is 1. The maximum absolute atomic E-state index is 12.0. The highest BCUT2D eigenvalue weighted by atomic mass is 35.5. The van der Waals surface area contributed by atoms with E-state index in [-0.39, 0.29) is 11.8 Å². The largest absolute Gasteiger partial charge is 0.310 e. The number of amides is 1. The Bertz CT molecular complexity index is 713. The second-order valence-corrected chi connectivity index (χ2v) is 5.18. The molecule has 0 aliphatic rings. The van der Waals surface area contributed by atoms with E-state index in [1.807, 2.05) is 62.4 Å². The Balaban J connectivity index is 2.45. The lowest BCUT2D eigenvalue weighted by atomic mass is 10.1. The summed E-state index contributed by atoms with van der Waals surface area (Å²) in [4.78, 5) is 13.7. The van der Waals surface area contributed by atoms with E-state index in [1.165, 1.54) is 0 Å². The van der Waals surface area contributed by atoms with Crippen molar-refractivity contribution >= 4 is 23.2 Å². The summed E-state index contributed by atoms with van der Waals surface area (Å²) in [7, 11) is 0. The van der Waals surface area contributed by atoms with Crippen LogP contribution in [0.4, 0.5) is 5.69 Å². The van der Waals surface area contributed by atoms with Gasteiger partial charge in [0.05, 0.1) is 5.69 Å². The minimum atomic E-state index is -0.115. The molecule has 0 unspecified atom stereocenters. The van der Waals surface area contributed by atoms with Crippen molar-refractivity contribution in [3.63, 3.8) is 0 Å². The monoisotopic (exact) mass is 311 g/mol. The number of rotatable bonds is 3. The quantitative estimate of drug-likeness (QED) is 0.620. The summed E-state index contributed by atoms with van der Waals surface area (Å²) in [5.74, 6) is 6.17. The summed E-state index contributed by atoms with van der Waals surface area (Å²) in [6, 6.07) is 15.7. The van der Waals surface area contributed by atoms with Crippen LogP contribution in [0.5, 0.6) is 0 Å². The van der Waals surface area contributed by atoms with Gasteiger partial charge in [0, 0.05) is 17.7 Å². The fraction of sp³-hybridized carbons (Fsp3) is 0.211. The van der Waals surface area contributed by atoms with E-state index in [2.05, 4.69) is 11.8 Å². The van der Waals surface area contributed by atoms with Gasteiger partial charge in [-0.25, -0.2) is 0 Å². The van der Waals surface area contributed by atoms with Crippen molar-refractivity contribution < 1.29 is 4.79 Å². The lowest BCUT2D eigenvalue weighted by molar-refractivity contribution is -0.116. The Morgan fingerprint density at radius 2 is 1.86 bits per heavy atom. The van der Waals surface area contributed by atoms with Crippen LogP contribution >= 0.6 is 11.6 Å². The van der Waals surface area contributed by atoms with Gasteiger partial charge in [0.15, 0.2) is 0 Å². The van der Waals surface area contributed by atoms with E-state index < -0.39 is 0 Å². The average molecular weight is 312 g/mol. The number of nitrogens with zero attached hydrogens (tertiary/aromatic N) is 1. The summed E-state index contributed by atoms with van der Waals surface area (Å²) in [5, 5.41) is 0. The molecule has 0 bridgehead atoms. The molecule has 2 aromatic carbocycles. The minimum Gasteiger partial charge on any atom is -0.310 e. The number of aryl methyl sites for hydroxylation is 1. The van der Waals surface area contributed by atoms with E-state index in [4.69, 9.17) is 11.6 Å². The van der Waals surface area contributed by atoms with Crippen molar-refractivity contribution in [2.45, 2.75) is 13.8 Å². The van der Waals surface area contributed by atoms with Crippen LogP contribution in [0.2, 0.25) is 0 Å². The Hall–Kier alpha value is -2.24. The first-order valence-electron chi connectivity index (χ1n) is 7.19. The number of hydrogen-bond acceptors (Lipinski definition) is 1. The molecule has 2 rings (SSSR count). The van der Waals surface area contributed by atoms with Gasteiger partial charge in [0.1, 0.15) is 5.88 Å². The van der Waals surface area contributed by atoms with Gasteiger partial charge < -0.3 is 4.90 Å². The van der Waals surface area contributed by atoms with Crippen molar-refractivity contribution in [2.75, 3.05) is 17.3 Å². The molecule has 0 aliphatic heterocycles. The van der Waals surface area contributed by atoms with Crippen LogP contribution in [0.1, 0.15) is 23.6 Å². The third-order valence-corrected chi connectivity index (χ3v) is 3.52. The van der Waals surface area contributed by atoms with E-state index in [1.54, 1.807) is 4.90 Å². The zero-order valence-electron chi connectivity index (χ0n) is 12.8. The zero-order valence-corrected chi connectivity index (χ0v) is 13.5. The van der Waals surface area contributed by atoms with Gasteiger partial charge in [-0.15, -0.1) is 11.6 Å². The summed E-state index contributed by atoms with van der Waals surface area (Å²) >= 11 is 5.70. The smallest absolute Gasteiger partial charge is 0.241 e. The summed E-state index contributed by atoms with van der Waals surface area (Å²) < 4.78 is 0. The SMILES string of the molecule is CCN(C(=O)CCl)c1ccc(C)cc1C#Cc1ccccc1. The third-order valence-electron chi connectivity index (χ3n) is 3.29. The summed E-state index contributed by atoms with van der Waals surface area (Å²) in [6.45, 7) is 4.50. The first-order valence-corrected chi connectivity index (χ1v) is 7.73. The van der Waals surface area contributed by atoms with Crippen molar-refractivity contribution in [3.05, 3.63) is 65.2 Å². The molecule has 0 radical (unpaired) electrons. The van der Waals surface area contributed by atoms with Crippen LogP contribution in [0.3, 0.4) is 0 Å². The van der Waals surface area contributed by atoms with Crippen molar-refractivity contribution in [1.82, 2.24) is 0 Å². The lowest BCUT2D eigenvalue weighted by Gasteiger charge is -2.21. The lowest BCUT2D eigenvalue weighted by Crippen LogP contribution is -2.32. The molecule has 0 saturated carbocycles. The topological polar surface area (TPSA) is 20.3 Å². The highest BCUT2D eigenvalue weighted by Gasteiger charge is 2.15. The molecule has 0 atom stereocenters. The van der Waals surface area contributed by atoms with Crippen molar-refractivity contribution in [1.29, 1.82) is 0 Å².